The van der Waals surface area contributed by atoms with Gasteiger partial charge < -0.3 is 9.42 Å². The van der Waals surface area contributed by atoms with Gasteiger partial charge in [0.1, 0.15) is 0 Å². The smallest absolute Gasteiger partial charge is 0.246 e. The van der Waals surface area contributed by atoms with Gasteiger partial charge in [0, 0.05) is 30.7 Å². The molecular formula is C17H21ClN4O4S. The van der Waals surface area contributed by atoms with Crippen LogP contribution in [0.1, 0.15) is 18.7 Å². The monoisotopic (exact) mass is 412 g/mol. The molecule has 1 atom stereocenters. The highest BCUT2D eigenvalue weighted by molar-refractivity contribution is 7.88. The summed E-state index contributed by atoms with van der Waals surface area (Å²) in [6.45, 7) is 0.830. The van der Waals surface area contributed by atoms with Crippen molar-refractivity contribution in [1.82, 2.24) is 19.3 Å². The molecule has 0 bridgehead atoms. The van der Waals surface area contributed by atoms with Gasteiger partial charge in [-0.3, -0.25) is 4.79 Å². The van der Waals surface area contributed by atoms with Crippen LogP contribution in [-0.2, 0) is 21.4 Å². The summed E-state index contributed by atoms with van der Waals surface area (Å²) >= 11 is 5.87. The number of amides is 1. The van der Waals surface area contributed by atoms with E-state index in [0.717, 1.165) is 5.56 Å². The molecule has 1 fully saturated rings. The SMILES string of the molecule is CN(Cc1nc(-c2ccc(Cl)cc2)no1)C(=O)[C@H]1CCCN(S(C)(=O)=O)C1. The molecule has 27 heavy (non-hydrogen) atoms. The van der Waals surface area contributed by atoms with E-state index >= 15 is 0 Å². The zero-order chi connectivity index (χ0) is 19.6. The molecule has 0 spiro atoms. The standard InChI is InChI=1S/C17H21ClN4O4S/c1-21(17(23)13-4-3-9-22(10-13)27(2,24)25)11-15-19-16(20-26-15)12-5-7-14(18)8-6-12/h5-8,13H,3-4,9-11H2,1-2H3/t13-/m0/s1. The van der Waals surface area contributed by atoms with Gasteiger partial charge in [-0.1, -0.05) is 16.8 Å². The van der Waals surface area contributed by atoms with E-state index in [1.54, 1.807) is 31.3 Å². The Labute approximate surface area is 163 Å². The lowest BCUT2D eigenvalue weighted by molar-refractivity contribution is -0.136. The third-order valence-electron chi connectivity index (χ3n) is 4.52. The molecular weight excluding hydrogens is 392 g/mol. The second-order valence-electron chi connectivity index (χ2n) is 6.67. The third-order valence-corrected chi connectivity index (χ3v) is 6.04. The maximum absolute atomic E-state index is 12.7. The third kappa shape index (κ3) is 4.85. The van der Waals surface area contributed by atoms with Crippen molar-refractivity contribution in [2.45, 2.75) is 19.4 Å². The molecule has 146 valence electrons. The Bertz CT molecular complexity index is 913. The van der Waals surface area contributed by atoms with Crippen LogP contribution in [0.25, 0.3) is 11.4 Å². The van der Waals surface area contributed by atoms with E-state index in [-0.39, 0.29) is 24.9 Å². The van der Waals surface area contributed by atoms with Crippen LogP contribution >= 0.6 is 11.6 Å². The highest BCUT2D eigenvalue weighted by atomic mass is 35.5. The average molecular weight is 413 g/mol. The second-order valence-corrected chi connectivity index (χ2v) is 9.09. The van der Waals surface area contributed by atoms with Gasteiger partial charge in [0.25, 0.3) is 0 Å². The number of carbonyl (C=O) groups is 1. The summed E-state index contributed by atoms with van der Waals surface area (Å²) in [5.41, 5.74) is 0.763. The molecule has 8 nitrogen and oxygen atoms in total. The summed E-state index contributed by atoms with van der Waals surface area (Å²) in [4.78, 5) is 18.5. The van der Waals surface area contributed by atoms with Crippen LogP contribution in [0.2, 0.25) is 5.02 Å². The molecule has 0 saturated carbocycles. The number of benzene rings is 1. The van der Waals surface area contributed by atoms with Crippen LogP contribution in [-0.4, -0.2) is 60.1 Å². The number of carbonyl (C=O) groups excluding carboxylic acids is 1. The van der Waals surface area contributed by atoms with Crippen LogP contribution in [0.4, 0.5) is 0 Å². The Morgan fingerprint density at radius 2 is 2.07 bits per heavy atom. The van der Waals surface area contributed by atoms with Crippen LogP contribution in [0.15, 0.2) is 28.8 Å². The number of hydrogen-bond acceptors (Lipinski definition) is 6. The zero-order valence-corrected chi connectivity index (χ0v) is 16.7. The van der Waals surface area contributed by atoms with E-state index < -0.39 is 10.0 Å². The van der Waals surface area contributed by atoms with E-state index in [1.165, 1.54) is 15.5 Å². The normalized spacial score (nSPS) is 18.4. The minimum absolute atomic E-state index is 0.130. The van der Waals surface area contributed by atoms with Crippen LogP contribution < -0.4 is 0 Å². The van der Waals surface area contributed by atoms with Gasteiger partial charge in [-0.2, -0.15) is 4.98 Å². The van der Waals surface area contributed by atoms with Crippen molar-refractivity contribution in [3.8, 4) is 11.4 Å². The highest BCUT2D eigenvalue weighted by Gasteiger charge is 2.32. The van der Waals surface area contributed by atoms with E-state index in [0.29, 0.717) is 36.1 Å². The molecule has 0 radical (unpaired) electrons. The van der Waals surface area contributed by atoms with Crippen molar-refractivity contribution in [3.63, 3.8) is 0 Å². The number of hydrogen-bond donors (Lipinski definition) is 0. The zero-order valence-electron chi connectivity index (χ0n) is 15.1. The Morgan fingerprint density at radius 1 is 1.37 bits per heavy atom. The molecule has 0 N–H and O–H groups in total. The van der Waals surface area contributed by atoms with Crippen LogP contribution in [0, 0.1) is 5.92 Å². The highest BCUT2D eigenvalue weighted by Crippen LogP contribution is 2.22. The van der Waals surface area contributed by atoms with Crippen molar-refractivity contribution in [2.24, 2.45) is 5.92 Å². The summed E-state index contributed by atoms with van der Waals surface area (Å²) in [6, 6.07) is 7.04. The maximum atomic E-state index is 12.7. The number of sulfonamides is 1. The fourth-order valence-corrected chi connectivity index (χ4v) is 4.11. The van der Waals surface area contributed by atoms with Gasteiger partial charge in [0.15, 0.2) is 0 Å². The van der Waals surface area contributed by atoms with E-state index in [4.69, 9.17) is 16.1 Å². The maximum Gasteiger partial charge on any atom is 0.246 e. The Balaban J connectivity index is 1.64. The quantitative estimate of drug-likeness (QED) is 0.745. The number of rotatable bonds is 5. The van der Waals surface area contributed by atoms with E-state index in [1.807, 2.05) is 0 Å². The summed E-state index contributed by atoms with van der Waals surface area (Å²) in [6.07, 6.45) is 2.49. The molecule has 1 aromatic heterocycles. The van der Waals surface area contributed by atoms with Gasteiger partial charge >= 0.3 is 0 Å². The fraction of sp³-hybridized carbons (Fsp3) is 0.471. The van der Waals surface area contributed by atoms with Crippen molar-refractivity contribution < 1.29 is 17.7 Å². The Hall–Kier alpha value is -1.97. The van der Waals surface area contributed by atoms with E-state index in [2.05, 4.69) is 10.1 Å². The first-order valence-electron chi connectivity index (χ1n) is 8.52. The first-order chi connectivity index (χ1) is 12.7. The Kier molecular flexibility index (Phi) is 5.83. The van der Waals surface area contributed by atoms with Crippen molar-refractivity contribution >= 4 is 27.5 Å². The number of nitrogens with zero attached hydrogens (tertiary/aromatic N) is 4. The second kappa shape index (κ2) is 7.95. The van der Waals surface area contributed by atoms with Gasteiger partial charge in [-0.25, -0.2) is 12.7 Å². The van der Waals surface area contributed by atoms with Crippen LogP contribution in [0.5, 0.6) is 0 Å². The van der Waals surface area contributed by atoms with E-state index in [9.17, 15) is 13.2 Å². The first kappa shape index (κ1) is 19.8. The van der Waals surface area contributed by atoms with Crippen molar-refractivity contribution in [2.75, 3.05) is 26.4 Å². The lowest BCUT2D eigenvalue weighted by Gasteiger charge is -2.32. The van der Waals surface area contributed by atoms with Crippen molar-refractivity contribution in [1.29, 1.82) is 0 Å². The molecule has 3 rings (SSSR count). The van der Waals surface area contributed by atoms with Crippen molar-refractivity contribution in [3.05, 3.63) is 35.2 Å². The summed E-state index contributed by atoms with van der Waals surface area (Å²) in [7, 11) is -1.65. The van der Waals surface area contributed by atoms with Gasteiger partial charge in [0.2, 0.25) is 27.6 Å². The fourth-order valence-electron chi connectivity index (χ4n) is 3.07. The number of piperidine rings is 1. The molecule has 1 amide bonds. The van der Waals surface area contributed by atoms with Crippen LogP contribution in [0.3, 0.4) is 0 Å². The molecule has 2 heterocycles. The minimum atomic E-state index is -3.29. The molecule has 0 unspecified atom stereocenters. The predicted molar refractivity (Wildman–Crippen MR) is 100 cm³/mol. The minimum Gasteiger partial charge on any atom is -0.337 e. The molecule has 1 aromatic carbocycles. The van der Waals surface area contributed by atoms with Gasteiger partial charge in [-0.05, 0) is 37.1 Å². The van der Waals surface area contributed by atoms with Gasteiger partial charge in [0.05, 0.1) is 18.7 Å². The summed E-state index contributed by atoms with van der Waals surface area (Å²) in [5.74, 6) is 0.238. The molecule has 1 aliphatic rings. The predicted octanol–water partition coefficient (Wildman–Crippen LogP) is 2.02. The summed E-state index contributed by atoms with van der Waals surface area (Å²) in [5, 5.41) is 4.54. The number of halogens is 1. The first-order valence-corrected chi connectivity index (χ1v) is 10.8. The lowest BCUT2D eigenvalue weighted by atomic mass is 9.98. The summed E-state index contributed by atoms with van der Waals surface area (Å²) < 4.78 is 30.1. The molecule has 10 heteroatoms. The topological polar surface area (TPSA) is 96.6 Å². The number of aromatic nitrogens is 2. The molecule has 1 saturated heterocycles. The molecule has 0 aliphatic carbocycles. The molecule has 1 aliphatic heterocycles. The molecule has 2 aromatic rings. The lowest BCUT2D eigenvalue weighted by Crippen LogP contribution is -2.45. The van der Waals surface area contributed by atoms with Gasteiger partial charge in [-0.15, -0.1) is 0 Å². The largest absolute Gasteiger partial charge is 0.337 e. The average Bonchev–Trinajstić information content (AvgIpc) is 3.09. The Morgan fingerprint density at radius 3 is 2.74 bits per heavy atom.